The highest BCUT2D eigenvalue weighted by atomic mass is 32.1. The number of hydrogen-bond acceptors (Lipinski definition) is 4. The summed E-state index contributed by atoms with van der Waals surface area (Å²) in [6, 6.07) is -0.486. The largest absolute Gasteiger partial charge is 0.480 e. The van der Waals surface area contributed by atoms with Crippen LogP contribution in [-0.2, 0) is 16.8 Å². The fourth-order valence-electron chi connectivity index (χ4n) is 1.70. The minimum Gasteiger partial charge on any atom is -0.480 e. The summed E-state index contributed by atoms with van der Waals surface area (Å²) in [6.07, 6.45) is 2.48. The van der Waals surface area contributed by atoms with Gasteiger partial charge in [0.05, 0.1) is 5.01 Å². The molecular formula is C14H24N2O2S. The van der Waals surface area contributed by atoms with Crippen LogP contribution in [0.25, 0.3) is 0 Å². The van der Waals surface area contributed by atoms with Gasteiger partial charge in [-0.2, -0.15) is 0 Å². The first-order valence-corrected chi connectivity index (χ1v) is 7.43. The fourth-order valence-corrected chi connectivity index (χ4v) is 2.62. The molecule has 0 aliphatic rings. The Balaban J connectivity index is 2.60. The second-order valence-corrected chi connectivity index (χ2v) is 7.40. The minimum atomic E-state index is -0.783. The van der Waals surface area contributed by atoms with E-state index in [0.29, 0.717) is 18.9 Å². The quantitative estimate of drug-likeness (QED) is 0.843. The van der Waals surface area contributed by atoms with E-state index in [0.717, 1.165) is 9.88 Å². The molecule has 1 rings (SSSR count). The van der Waals surface area contributed by atoms with Gasteiger partial charge < -0.3 is 5.11 Å². The molecule has 4 nitrogen and oxygen atoms in total. The number of carbonyl (C=O) groups is 1. The van der Waals surface area contributed by atoms with Crippen LogP contribution in [0, 0.1) is 5.92 Å². The van der Waals surface area contributed by atoms with Crippen LogP contribution >= 0.6 is 11.3 Å². The molecule has 1 aromatic rings. The van der Waals surface area contributed by atoms with Gasteiger partial charge in [-0.1, -0.05) is 34.6 Å². The highest BCUT2D eigenvalue weighted by Gasteiger charge is 2.20. The summed E-state index contributed by atoms with van der Waals surface area (Å²) in [4.78, 5) is 16.6. The summed E-state index contributed by atoms with van der Waals surface area (Å²) in [5, 5.41) is 13.3. The summed E-state index contributed by atoms with van der Waals surface area (Å²) < 4.78 is 0. The molecule has 5 heteroatoms. The fraction of sp³-hybridized carbons (Fsp3) is 0.714. The van der Waals surface area contributed by atoms with Gasteiger partial charge in [-0.3, -0.25) is 10.1 Å². The topological polar surface area (TPSA) is 62.2 Å². The number of hydrogen-bond donors (Lipinski definition) is 2. The Labute approximate surface area is 119 Å². The van der Waals surface area contributed by atoms with Gasteiger partial charge in [0.15, 0.2) is 0 Å². The third-order valence-electron chi connectivity index (χ3n) is 2.72. The van der Waals surface area contributed by atoms with Gasteiger partial charge in [0.25, 0.3) is 0 Å². The summed E-state index contributed by atoms with van der Waals surface area (Å²) in [5.74, 6) is -0.422. The number of nitrogens with one attached hydrogen (secondary N) is 1. The first-order valence-electron chi connectivity index (χ1n) is 6.61. The zero-order chi connectivity index (χ0) is 14.6. The van der Waals surface area contributed by atoms with E-state index in [9.17, 15) is 4.79 Å². The van der Waals surface area contributed by atoms with Gasteiger partial charge in [0.2, 0.25) is 0 Å². The Morgan fingerprint density at radius 2 is 2.11 bits per heavy atom. The standard InChI is InChI=1S/C14H24N2O2S/c1-9(2)6-11(12(17)18)15-7-10-8-16-13(19-10)14(3,4)5/h8-9,11,15H,6-7H2,1-5H3,(H,17,18). The molecule has 0 bridgehead atoms. The molecule has 1 aromatic heterocycles. The normalized spacial score (nSPS) is 13.8. The molecule has 19 heavy (non-hydrogen) atoms. The van der Waals surface area contributed by atoms with Gasteiger partial charge in [0.1, 0.15) is 6.04 Å². The van der Waals surface area contributed by atoms with E-state index in [1.807, 2.05) is 20.0 Å². The van der Waals surface area contributed by atoms with Crippen molar-refractivity contribution in [3.05, 3.63) is 16.1 Å². The lowest BCUT2D eigenvalue weighted by Gasteiger charge is -2.16. The molecule has 0 fully saturated rings. The molecule has 0 aliphatic carbocycles. The van der Waals surface area contributed by atoms with Crippen molar-refractivity contribution in [2.45, 2.75) is 59.0 Å². The maximum atomic E-state index is 11.1. The van der Waals surface area contributed by atoms with Gasteiger partial charge in [0, 0.05) is 23.0 Å². The molecule has 2 N–H and O–H groups in total. The zero-order valence-corrected chi connectivity index (χ0v) is 13.2. The Bertz CT molecular complexity index is 421. The average molecular weight is 284 g/mol. The van der Waals surface area contributed by atoms with E-state index in [4.69, 9.17) is 5.11 Å². The molecular weight excluding hydrogens is 260 g/mol. The predicted molar refractivity (Wildman–Crippen MR) is 78.5 cm³/mol. The SMILES string of the molecule is CC(C)CC(NCc1cnc(C(C)(C)C)s1)C(=O)O. The van der Waals surface area contributed by atoms with Crippen LogP contribution in [0.5, 0.6) is 0 Å². The monoisotopic (exact) mass is 284 g/mol. The lowest BCUT2D eigenvalue weighted by Crippen LogP contribution is -2.37. The van der Waals surface area contributed by atoms with Gasteiger partial charge in [-0.05, 0) is 12.3 Å². The van der Waals surface area contributed by atoms with Crippen LogP contribution in [0.4, 0.5) is 0 Å². The van der Waals surface area contributed by atoms with Crippen molar-refractivity contribution in [1.82, 2.24) is 10.3 Å². The second-order valence-electron chi connectivity index (χ2n) is 6.28. The molecule has 0 saturated carbocycles. The highest BCUT2D eigenvalue weighted by Crippen LogP contribution is 2.26. The second kappa shape index (κ2) is 6.48. The van der Waals surface area contributed by atoms with Gasteiger partial charge in [-0.25, -0.2) is 4.98 Å². The first-order chi connectivity index (χ1) is 8.70. The maximum absolute atomic E-state index is 11.1. The molecule has 0 radical (unpaired) electrons. The Kier molecular flexibility index (Phi) is 5.50. The van der Waals surface area contributed by atoms with Crippen molar-refractivity contribution in [3.8, 4) is 0 Å². The van der Waals surface area contributed by atoms with Crippen molar-refractivity contribution in [3.63, 3.8) is 0 Å². The molecule has 108 valence electrons. The van der Waals surface area contributed by atoms with E-state index < -0.39 is 12.0 Å². The number of nitrogens with zero attached hydrogens (tertiary/aromatic N) is 1. The van der Waals surface area contributed by atoms with Gasteiger partial charge >= 0.3 is 5.97 Å². The molecule has 0 aromatic carbocycles. The summed E-state index contributed by atoms with van der Waals surface area (Å²) in [5.41, 5.74) is 0.0487. The van der Waals surface area contributed by atoms with E-state index in [-0.39, 0.29) is 5.41 Å². The smallest absolute Gasteiger partial charge is 0.320 e. The molecule has 1 heterocycles. The van der Waals surface area contributed by atoms with E-state index in [2.05, 4.69) is 31.1 Å². The molecule has 0 spiro atoms. The lowest BCUT2D eigenvalue weighted by molar-refractivity contribution is -0.140. The Morgan fingerprint density at radius 1 is 1.47 bits per heavy atom. The van der Waals surface area contributed by atoms with Crippen LogP contribution in [0.1, 0.15) is 50.9 Å². The van der Waals surface area contributed by atoms with Crippen molar-refractivity contribution >= 4 is 17.3 Å². The third-order valence-corrected chi connectivity index (χ3v) is 4.15. The third kappa shape index (κ3) is 5.28. The zero-order valence-electron chi connectivity index (χ0n) is 12.4. The summed E-state index contributed by atoms with van der Waals surface area (Å²) >= 11 is 1.65. The Hall–Kier alpha value is -0.940. The van der Waals surface area contributed by atoms with Crippen LogP contribution < -0.4 is 5.32 Å². The van der Waals surface area contributed by atoms with Crippen LogP contribution in [0.3, 0.4) is 0 Å². The number of carboxylic acid groups (broad SMARTS) is 1. The van der Waals surface area contributed by atoms with Crippen LogP contribution in [-0.4, -0.2) is 22.1 Å². The number of carboxylic acids is 1. The average Bonchev–Trinajstić information content (AvgIpc) is 2.71. The van der Waals surface area contributed by atoms with Crippen molar-refractivity contribution in [2.75, 3.05) is 0 Å². The van der Waals surface area contributed by atoms with Gasteiger partial charge in [-0.15, -0.1) is 11.3 Å². The number of aromatic nitrogens is 1. The molecule has 1 atom stereocenters. The van der Waals surface area contributed by atoms with E-state index in [1.54, 1.807) is 11.3 Å². The van der Waals surface area contributed by atoms with E-state index in [1.165, 1.54) is 0 Å². The maximum Gasteiger partial charge on any atom is 0.320 e. The lowest BCUT2D eigenvalue weighted by atomic mass is 9.98. The number of aliphatic carboxylic acids is 1. The van der Waals surface area contributed by atoms with Crippen molar-refractivity contribution in [1.29, 1.82) is 0 Å². The minimum absolute atomic E-state index is 0.0487. The molecule has 0 amide bonds. The highest BCUT2D eigenvalue weighted by molar-refractivity contribution is 7.11. The summed E-state index contributed by atoms with van der Waals surface area (Å²) in [6.45, 7) is 11.0. The predicted octanol–water partition coefficient (Wildman–Crippen LogP) is 3.03. The summed E-state index contributed by atoms with van der Waals surface area (Å²) in [7, 11) is 0. The Morgan fingerprint density at radius 3 is 2.53 bits per heavy atom. The number of thiazole rings is 1. The van der Waals surface area contributed by atoms with Crippen LogP contribution in [0.15, 0.2) is 6.20 Å². The molecule has 1 unspecified atom stereocenters. The first kappa shape index (κ1) is 16.1. The molecule has 0 saturated heterocycles. The molecule has 0 aliphatic heterocycles. The van der Waals surface area contributed by atoms with E-state index >= 15 is 0 Å². The van der Waals surface area contributed by atoms with Crippen molar-refractivity contribution in [2.24, 2.45) is 5.92 Å². The van der Waals surface area contributed by atoms with Crippen LogP contribution in [0.2, 0.25) is 0 Å². The number of rotatable bonds is 6. The van der Waals surface area contributed by atoms with Crippen molar-refractivity contribution < 1.29 is 9.90 Å².